The van der Waals surface area contributed by atoms with Crippen molar-refractivity contribution in [3.05, 3.63) is 52.0 Å². The number of aliphatic carboxylic acids is 1. The van der Waals surface area contributed by atoms with Crippen molar-refractivity contribution in [3.63, 3.8) is 0 Å². The number of nitrogens with zero attached hydrogens (tertiary/aromatic N) is 3. The zero-order chi connectivity index (χ0) is 27.1. The number of ether oxygens (including phenoxy) is 1. The van der Waals surface area contributed by atoms with Crippen molar-refractivity contribution >= 4 is 11.7 Å². The van der Waals surface area contributed by atoms with Gasteiger partial charge in [0.25, 0.3) is 0 Å². The average Bonchev–Trinajstić information content (AvgIpc) is 3.21. The van der Waals surface area contributed by atoms with Crippen LogP contribution in [0.1, 0.15) is 61.9 Å². The summed E-state index contributed by atoms with van der Waals surface area (Å²) in [6, 6.07) is 6.05. The lowest BCUT2D eigenvalue weighted by Gasteiger charge is -2.42. The molecule has 8 nitrogen and oxygen atoms in total. The van der Waals surface area contributed by atoms with E-state index in [1.165, 1.54) is 0 Å². The van der Waals surface area contributed by atoms with Gasteiger partial charge in [-0.05, 0) is 61.8 Å². The number of nitrogens with one attached hydrogen (secondary N) is 1. The molecule has 3 heterocycles. The van der Waals surface area contributed by atoms with Crippen molar-refractivity contribution in [2.45, 2.75) is 58.0 Å². The normalized spacial score (nSPS) is 20.5. The number of carboxylic acid groups (broad SMARTS) is 1. The Labute approximate surface area is 212 Å². The number of aromatic amines is 1. The Hall–Kier alpha value is -3.68. The van der Waals surface area contributed by atoms with Crippen LogP contribution in [0, 0.1) is 30.1 Å². The molecule has 0 unspecified atom stereocenters. The van der Waals surface area contributed by atoms with Crippen LogP contribution in [0.2, 0.25) is 0 Å². The number of aryl methyl sites for hydroxylation is 1. The van der Waals surface area contributed by atoms with Gasteiger partial charge in [-0.1, -0.05) is 13.8 Å². The monoisotopic (exact) mass is 517 g/mol. The number of hydrogen-bond donors (Lipinski definition) is 3. The predicted octanol–water partition coefficient (Wildman–Crippen LogP) is 4.85. The molecule has 0 saturated carbocycles. The highest BCUT2D eigenvalue weighted by atomic mass is 19.4. The number of H-pyrrole nitrogens is 1. The minimum Gasteiger partial charge on any atom is -0.481 e. The first-order chi connectivity index (χ1) is 17.4. The van der Waals surface area contributed by atoms with Gasteiger partial charge in [0.05, 0.1) is 16.5 Å². The first kappa shape index (κ1) is 26.4. The molecule has 0 radical (unpaired) electrons. The van der Waals surface area contributed by atoms with Crippen LogP contribution in [0.25, 0.3) is 0 Å². The molecule has 198 valence electrons. The van der Waals surface area contributed by atoms with Crippen LogP contribution < -0.4 is 15.4 Å². The maximum atomic E-state index is 14.2. The van der Waals surface area contributed by atoms with E-state index >= 15 is 0 Å². The van der Waals surface area contributed by atoms with Crippen molar-refractivity contribution in [1.29, 1.82) is 5.26 Å². The molecule has 11 heteroatoms. The molecule has 2 aliphatic rings. The Morgan fingerprint density at radius 1 is 1.35 bits per heavy atom. The summed E-state index contributed by atoms with van der Waals surface area (Å²) in [5, 5.41) is 26.1. The zero-order valence-corrected chi connectivity index (χ0v) is 20.9. The smallest absolute Gasteiger partial charge is 0.416 e. The van der Waals surface area contributed by atoms with Gasteiger partial charge in [-0.3, -0.25) is 9.89 Å². The number of carbonyl (C=O) groups is 1. The molecular weight excluding hydrogens is 487 g/mol. The highest BCUT2D eigenvalue weighted by Gasteiger charge is 2.51. The molecule has 1 aromatic heterocycles. The number of halogens is 3. The Morgan fingerprint density at radius 2 is 2.03 bits per heavy atom. The van der Waals surface area contributed by atoms with Crippen LogP contribution in [0.15, 0.2) is 29.7 Å². The summed E-state index contributed by atoms with van der Waals surface area (Å²) in [5.41, 5.74) is 5.78. The molecule has 2 aliphatic heterocycles. The molecule has 1 fully saturated rings. The molecule has 1 aromatic carbocycles. The van der Waals surface area contributed by atoms with E-state index in [1.54, 1.807) is 13.0 Å². The lowest BCUT2D eigenvalue weighted by atomic mass is 9.61. The van der Waals surface area contributed by atoms with Crippen molar-refractivity contribution in [1.82, 2.24) is 10.2 Å². The molecular formula is C26H30F3N5O3. The summed E-state index contributed by atoms with van der Waals surface area (Å²) in [6.45, 7) is 6.41. The lowest BCUT2D eigenvalue weighted by Crippen LogP contribution is -2.42. The van der Waals surface area contributed by atoms with E-state index in [9.17, 15) is 23.2 Å². The summed E-state index contributed by atoms with van der Waals surface area (Å²) < 4.78 is 48.2. The number of benzene rings is 1. The number of piperidine rings is 1. The van der Waals surface area contributed by atoms with Gasteiger partial charge in [-0.25, -0.2) is 0 Å². The molecule has 0 amide bonds. The number of carboxylic acids is 1. The number of anilines is 1. The third kappa shape index (κ3) is 4.61. The van der Waals surface area contributed by atoms with Gasteiger partial charge in [0.2, 0.25) is 11.8 Å². The molecule has 0 spiro atoms. The van der Waals surface area contributed by atoms with Crippen LogP contribution in [-0.4, -0.2) is 34.4 Å². The highest BCUT2D eigenvalue weighted by Crippen LogP contribution is 2.53. The molecule has 37 heavy (non-hydrogen) atoms. The van der Waals surface area contributed by atoms with E-state index in [0.29, 0.717) is 49.3 Å². The number of rotatable bonds is 6. The second kappa shape index (κ2) is 9.65. The van der Waals surface area contributed by atoms with Gasteiger partial charge in [-0.15, -0.1) is 5.10 Å². The van der Waals surface area contributed by atoms with Gasteiger partial charge < -0.3 is 20.5 Å². The third-order valence-electron chi connectivity index (χ3n) is 7.58. The summed E-state index contributed by atoms with van der Waals surface area (Å²) in [4.78, 5) is 12.8. The first-order valence-corrected chi connectivity index (χ1v) is 12.2. The Kier molecular flexibility index (Phi) is 6.88. The zero-order valence-electron chi connectivity index (χ0n) is 20.9. The molecule has 0 aliphatic carbocycles. The van der Waals surface area contributed by atoms with Gasteiger partial charge in [0, 0.05) is 30.9 Å². The average molecular weight is 518 g/mol. The number of nitriles is 1. The number of nitrogens with two attached hydrogens (primary N) is 1. The summed E-state index contributed by atoms with van der Waals surface area (Å²) in [6.07, 6.45) is -2.63. The molecule has 0 bridgehead atoms. The minimum absolute atomic E-state index is 0.0390. The van der Waals surface area contributed by atoms with Crippen molar-refractivity contribution < 1.29 is 27.8 Å². The van der Waals surface area contributed by atoms with Crippen LogP contribution in [0.4, 0.5) is 18.9 Å². The van der Waals surface area contributed by atoms with E-state index in [0.717, 1.165) is 12.1 Å². The molecule has 4 N–H and O–H groups in total. The van der Waals surface area contributed by atoms with Crippen molar-refractivity contribution in [3.8, 4) is 11.9 Å². The second-order valence-electron chi connectivity index (χ2n) is 10.1. The number of aromatic nitrogens is 2. The van der Waals surface area contributed by atoms with Crippen LogP contribution in [0.5, 0.6) is 5.88 Å². The first-order valence-electron chi connectivity index (χ1n) is 12.2. The quantitative estimate of drug-likeness (QED) is 0.500. The molecule has 2 aromatic rings. The van der Waals surface area contributed by atoms with Gasteiger partial charge >= 0.3 is 12.1 Å². The van der Waals surface area contributed by atoms with Crippen LogP contribution >= 0.6 is 0 Å². The predicted molar refractivity (Wildman–Crippen MR) is 130 cm³/mol. The van der Waals surface area contributed by atoms with Gasteiger partial charge in [0.15, 0.2) is 0 Å². The van der Waals surface area contributed by atoms with E-state index in [2.05, 4.69) is 16.3 Å². The molecule has 1 atom stereocenters. The van der Waals surface area contributed by atoms with Crippen molar-refractivity contribution in [2.75, 3.05) is 18.0 Å². The number of hydrogen-bond acceptors (Lipinski definition) is 6. The topological polar surface area (TPSA) is 128 Å². The fourth-order valence-corrected chi connectivity index (χ4v) is 5.75. The second-order valence-corrected chi connectivity index (χ2v) is 10.1. The lowest BCUT2D eigenvalue weighted by molar-refractivity contribution is -0.138. The summed E-state index contributed by atoms with van der Waals surface area (Å²) >= 11 is 0. The SMILES string of the molecule is Cc1[nH]nc2c1[C@](c1cc(N3CCC(CCC(=O)O)CC3)cc(C(F)(F)F)c1)(C(C)C)C(C#N)=C(N)O2. The maximum Gasteiger partial charge on any atom is 0.416 e. The molecule has 1 saturated heterocycles. The third-order valence-corrected chi connectivity index (χ3v) is 7.58. The fourth-order valence-electron chi connectivity index (χ4n) is 5.75. The number of alkyl halides is 3. The Balaban J connectivity index is 1.86. The Bertz CT molecular complexity index is 1270. The van der Waals surface area contributed by atoms with Gasteiger partial charge in [-0.2, -0.15) is 18.4 Å². The van der Waals surface area contributed by atoms with E-state index in [-0.39, 0.29) is 41.2 Å². The number of allylic oxidation sites excluding steroid dienone is 1. The van der Waals surface area contributed by atoms with Crippen LogP contribution in [0.3, 0.4) is 0 Å². The largest absolute Gasteiger partial charge is 0.481 e. The maximum absolute atomic E-state index is 14.2. The minimum atomic E-state index is -4.62. The van der Waals surface area contributed by atoms with E-state index in [1.807, 2.05) is 18.7 Å². The van der Waals surface area contributed by atoms with E-state index in [4.69, 9.17) is 15.6 Å². The highest BCUT2D eigenvalue weighted by molar-refractivity contribution is 5.67. The fraction of sp³-hybridized carbons (Fsp3) is 0.500. The standard InChI is InChI=1S/C26H30F3N5O3/c1-14(2)25(20(13-30)23(31)37-24-22(25)15(3)32-33-24)17-10-18(26(27,28)29)12-19(11-17)34-8-6-16(7-9-34)4-5-21(35)36/h10-12,14,16H,4-9,31H2,1-3H3,(H,32,33)(H,35,36)/t25-/m0/s1. The van der Waals surface area contributed by atoms with Crippen molar-refractivity contribution in [2.24, 2.45) is 17.6 Å². The Morgan fingerprint density at radius 3 is 2.59 bits per heavy atom. The van der Waals surface area contributed by atoms with Gasteiger partial charge in [0.1, 0.15) is 11.6 Å². The van der Waals surface area contributed by atoms with Crippen LogP contribution in [-0.2, 0) is 16.4 Å². The molecule has 4 rings (SSSR count). The summed E-state index contributed by atoms with van der Waals surface area (Å²) in [5.74, 6) is -1.07. The number of fused-ring (bicyclic) bond motifs is 1. The summed E-state index contributed by atoms with van der Waals surface area (Å²) in [7, 11) is 0. The van der Waals surface area contributed by atoms with E-state index < -0.39 is 23.1 Å².